The third-order valence-corrected chi connectivity index (χ3v) is 8.25. The molecule has 3 aromatic rings. The van der Waals surface area contributed by atoms with E-state index in [9.17, 15) is 9.00 Å². The summed E-state index contributed by atoms with van der Waals surface area (Å²) in [5, 5.41) is 5.40. The zero-order valence-corrected chi connectivity index (χ0v) is 17.3. The molecule has 0 radical (unpaired) electrons. The summed E-state index contributed by atoms with van der Waals surface area (Å²) >= 11 is 0. The minimum Gasteiger partial charge on any atom is -0.272 e. The highest BCUT2D eigenvalue weighted by Gasteiger charge is 2.51. The molecule has 0 bridgehead atoms. The van der Waals surface area contributed by atoms with E-state index in [2.05, 4.69) is 33.3 Å². The largest absolute Gasteiger partial charge is 0.272 e. The second kappa shape index (κ2) is 6.45. The van der Waals surface area contributed by atoms with E-state index in [4.69, 9.17) is 0 Å². The zero-order chi connectivity index (χ0) is 20.2. The van der Waals surface area contributed by atoms with Gasteiger partial charge in [-0.3, -0.25) is 4.79 Å². The summed E-state index contributed by atoms with van der Waals surface area (Å²) in [4.78, 5) is 21.4. The van der Waals surface area contributed by atoms with Crippen molar-refractivity contribution in [3.8, 4) is 5.69 Å². The van der Waals surface area contributed by atoms with Crippen LogP contribution in [0.3, 0.4) is 0 Å². The lowest BCUT2D eigenvalue weighted by Gasteiger charge is -2.10. The van der Waals surface area contributed by atoms with Crippen LogP contribution in [0.2, 0.25) is 0 Å². The van der Waals surface area contributed by atoms with Gasteiger partial charge in [0, 0.05) is 28.1 Å². The molecule has 2 aliphatic rings. The van der Waals surface area contributed by atoms with Gasteiger partial charge in [-0.15, -0.1) is 0 Å². The van der Waals surface area contributed by atoms with Crippen LogP contribution >= 0.6 is 0 Å². The Bertz CT molecular complexity index is 1220. The lowest BCUT2D eigenvalue weighted by atomic mass is 10.1. The van der Waals surface area contributed by atoms with Gasteiger partial charge in [0.05, 0.1) is 27.6 Å². The highest BCUT2D eigenvalue weighted by atomic mass is 32.2. The normalized spacial score (nSPS) is 22.2. The standard InChI is InChI=1S/C21H23N5O2S/c1-21(2)8-18(21)20(27)25-29(28,12-14-3-4-14)17-5-6-19-15(7-17)11-26(24-19)16-9-22-13-23-10-16/h5-7,9-11,13-14,18H,3-4,8,12H2,1-2H3. The first-order valence-electron chi connectivity index (χ1n) is 9.88. The first kappa shape index (κ1) is 18.4. The smallest absolute Gasteiger partial charge is 0.257 e. The Morgan fingerprint density at radius 2 is 2.00 bits per heavy atom. The van der Waals surface area contributed by atoms with Crippen LogP contribution < -0.4 is 0 Å². The van der Waals surface area contributed by atoms with E-state index in [0.717, 1.165) is 35.9 Å². The summed E-state index contributed by atoms with van der Waals surface area (Å²) in [7, 11) is -2.79. The summed E-state index contributed by atoms with van der Waals surface area (Å²) < 4.78 is 19.9. The van der Waals surface area contributed by atoms with Crippen molar-refractivity contribution in [2.45, 2.75) is 38.0 Å². The van der Waals surface area contributed by atoms with Crippen molar-refractivity contribution in [3.05, 3.63) is 43.1 Å². The van der Waals surface area contributed by atoms with E-state index in [1.165, 1.54) is 6.33 Å². The van der Waals surface area contributed by atoms with Crippen LogP contribution in [0.25, 0.3) is 16.6 Å². The fourth-order valence-electron chi connectivity index (χ4n) is 3.63. The van der Waals surface area contributed by atoms with E-state index in [0.29, 0.717) is 16.6 Å². The number of carbonyl (C=O) groups excluding carboxylic acids is 1. The molecule has 0 N–H and O–H groups in total. The number of amides is 1. The van der Waals surface area contributed by atoms with Crippen LogP contribution in [0.4, 0.5) is 0 Å². The molecule has 0 spiro atoms. The Morgan fingerprint density at radius 1 is 1.28 bits per heavy atom. The van der Waals surface area contributed by atoms with Gasteiger partial charge >= 0.3 is 0 Å². The molecule has 29 heavy (non-hydrogen) atoms. The van der Waals surface area contributed by atoms with E-state index in [1.807, 2.05) is 18.3 Å². The maximum Gasteiger partial charge on any atom is 0.257 e. The highest BCUT2D eigenvalue weighted by Crippen LogP contribution is 2.52. The van der Waals surface area contributed by atoms with Crippen molar-refractivity contribution in [3.63, 3.8) is 0 Å². The van der Waals surface area contributed by atoms with Crippen molar-refractivity contribution in [2.24, 2.45) is 21.6 Å². The van der Waals surface area contributed by atoms with Crippen molar-refractivity contribution < 1.29 is 9.00 Å². The Hall–Kier alpha value is -2.61. The Labute approximate surface area is 169 Å². The van der Waals surface area contributed by atoms with Crippen molar-refractivity contribution in [1.82, 2.24) is 19.7 Å². The summed E-state index contributed by atoms with van der Waals surface area (Å²) in [5.74, 6) is 0.536. The predicted molar refractivity (Wildman–Crippen MR) is 110 cm³/mol. The molecule has 7 nitrogen and oxygen atoms in total. The minimum absolute atomic E-state index is 0.0244. The maximum atomic E-state index is 13.9. The SMILES string of the molecule is CC1(C)CC1C(=O)N=S(=O)(CC1CC1)c1ccc2nn(-c3cncnc3)cc2c1. The summed E-state index contributed by atoms with van der Waals surface area (Å²) in [5.41, 5.74) is 1.50. The first-order chi connectivity index (χ1) is 13.8. The van der Waals surface area contributed by atoms with Crippen LogP contribution in [0.1, 0.15) is 33.1 Å². The van der Waals surface area contributed by atoms with Gasteiger partial charge in [-0.25, -0.2) is 18.9 Å². The molecule has 1 aromatic carbocycles. The first-order valence-corrected chi connectivity index (χ1v) is 11.6. The number of rotatable bonds is 5. The Morgan fingerprint density at radius 3 is 2.66 bits per heavy atom. The van der Waals surface area contributed by atoms with Gasteiger partial charge in [-0.1, -0.05) is 13.8 Å². The van der Waals surface area contributed by atoms with E-state index in [1.54, 1.807) is 23.1 Å². The molecule has 150 valence electrons. The molecule has 5 rings (SSSR count). The number of carbonyl (C=O) groups is 1. The number of benzene rings is 1. The van der Waals surface area contributed by atoms with Gasteiger partial charge in [0.25, 0.3) is 5.91 Å². The van der Waals surface area contributed by atoms with E-state index >= 15 is 0 Å². The average molecular weight is 410 g/mol. The van der Waals surface area contributed by atoms with Gasteiger partial charge < -0.3 is 0 Å². The number of nitrogens with zero attached hydrogens (tertiary/aromatic N) is 5. The molecule has 2 aliphatic carbocycles. The van der Waals surface area contributed by atoms with Crippen LogP contribution in [0.5, 0.6) is 0 Å². The quantitative estimate of drug-likeness (QED) is 0.642. The molecule has 2 unspecified atom stereocenters. The van der Waals surface area contributed by atoms with E-state index < -0.39 is 9.73 Å². The molecule has 2 fully saturated rings. The van der Waals surface area contributed by atoms with Crippen molar-refractivity contribution in [2.75, 3.05) is 5.75 Å². The van der Waals surface area contributed by atoms with Gasteiger partial charge in [0.15, 0.2) is 0 Å². The third kappa shape index (κ3) is 3.57. The second-order valence-electron chi connectivity index (χ2n) is 8.82. The van der Waals surface area contributed by atoms with Crippen LogP contribution in [0.15, 0.2) is 52.4 Å². The van der Waals surface area contributed by atoms with Crippen molar-refractivity contribution in [1.29, 1.82) is 0 Å². The second-order valence-corrected chi connectivity index (χ2v) is 11.1. The lowest BCUT2D eigenvalue weighted by molar-refractivity contribution is -0.119. The van der Waals surface area contributed by atoms with Crippen LogP contribution in [0, 0.1) is 17.3 Å². The fourth-order valence-corrected chi connectivity index (χ4v) is 5.99. The Balaban J connectivity index is 1.55. The summed E-state index contributed by atoms with van der Waals surface area (Å²) in [6, 6.07) is 5.52. The molecule has 2 heterocycles. The van der Waals surface area contributed by atoms with Crippen LogP contribution in [-0.4, -0.2) is 35.6 Å². The molecule has 0 saturated heterocycles. The molecule has 2 saturated carbocycles. The number of aromatic nitrogens is 4. The molecular weight excluding hydrogens is 386 g/mol. The fraction of sp³-hybridized carbons (Fsp3) is 0.429. The zero-order valence-electron chi connectivity index (χ0n) is 16.5. The van der Waals surface area contributed by atoms with Gasteiger partial charge in [-0.2, -0.15) is 9.46 Å². The van der Waals surface area contributed by atoms with Gasteiger partial charge in [0.1, 0.15) is 12.0 Å². The van der Waals surface area contributed by atoms with Gasteiger partial charge in [0.2, 0.25) is 0 Å². The highest BCUT2D eigenvalue weighted by molar-refractivity contribution is 7.94. The average Bonchev–Trinajstić information content (AvgIpc) is 3.57. The summed E-state index contributed by atoms with van der Waals surface area (Å²) in [6.45, 7) is 4.11. The molecular formula is C21H23N5O2S. The minimum atomic E-state index is -2.79. The Kier molecular flexibility index (Phi) is 4.10. The predicted octanol–water partition coefficient (Wildman–Crippen LogP) is 3.63. The molecule has 1 amide bonds. The molecule has 2 atom stereocenters. The van der Waals surface area contributed by atoms with Gasteiger partial charge in [-0.05, 0) is 48.8 Å². The van der Waals surface area contributed by atoms with Crippen LogP contribution in [-0.2, 0) is 14.5 Å². The van der Waals surface area contributed by atoms with E-state index in [-0.39, 0.29) is 17.2 Å². The third-order valence-electron chi connectivity index (χ3n) is 5.86. The molecule has 2 aromatic heterocycles. The monoisotopic (exact) mass is 409 g/mol. The molecule has 8 heteroatoms. The lowest BCUT2D eigenvalue weighted by Crippen LogP contribution is -2.13. The number of hydrogen-bond acceptors (Lipinski definition) is 5. The molecule has 0 aliphatic heterocycles. The topological polar surface area (TPSA) is 90.1 Å². The van der Waals surface area contributed by atoms with Crippen molar-refractivity contribution >= 4 is 26.5 Å². The number of hydrogen-bond donors (Lipinski definition) is 0. The maximum absolute atomic E-state index is 13.9. The summed E-state index contributed by atoms with van der Waals surface area (Å²) in [6.07, 6.45) is 9.63. The number of fused-ring (bicyclic) bond motifs is 1.